The van der Waals surface area contributed by atoms with Crippen LogP contribution in [0.3, 0.4) is 0 Å². The van der Waals surface area contributed by atoms with E-state index in [-0.39, 0.29) is 0 Å². The van der Waals surface area contributed by atoms with E-state index in [2.05, 4.69) is 25.7 Å². The molecule has 0 aromatic heterocycles. The summed E-state index contributed by atoms with van der Waals surface area (Å²) >= 11 is 0. The van der Waals surface area contributed by atoms with Crippen LogP contribution in [0, 0.1) is 11.3 Å². The Bertz CT molecular complexity index is 148. The Balaban J connectivity index is 1.80. The predicted octanol–water partition coefficient (Wildman–Crippen LogP) is 2.13. The van der Waals surface area contributed by atoms with Crippen LogP contribution in [-0.4, -0.2) is 24.0 Å². The highest BCUT2D eigenvalue weighted by molar-refractivity contribution is 5.03. The molecule has 1 aliphatic carbocycles. The number of likely N-dealkylation sites (tertiary alicyclic amines) is 1. The van der Waals surface area contributed by atoms with E-state index in [4.69, 9.17) is 0 Å². The molecule has 0 unspecified atom stereocenters. The molecule has 1 saturated carbocycles. The minimum absolute atomic E-state index is 0.775. The summed E-state index contributed by atoms with van der Waals surface area (Å²) in [5.41, 5.74) is 0.795. The van der Waals surface area contributed by atoms with E-state index in [0.717, 1.165) is 17.4 Å². The Labute approximate surface area is 69.8 Å². The molecule has 1 spiro atoms. The number of nitrogens with zero attached hydrogens (tertiary/aromatic N) is 1. The molecule has 0 bridgehead atoms. The van der Waals surface area contributed by atoms with Crippen LogP contribution in [-0.2, 0) is 0 Å². The Morgan fingerprint density at radius 1 is 1.27 bits per heavy atom. The first kappa shape index (κ1) is 7.60. The van der Waals surface area contributed by atoms with Gasteiger partial charge in [0.15, 0.2) is 0 Å². The molecule has 0 N–H and O–H groups in total. The zero-order valence-corrected chi connectivity index (χ0v) is 7.93. The average Bonchev–Trinajstić information content (AvgIpc) is 1.73. The zero-order valence-electron chi connectivity index (χ0n) is 7.93. The first-order valence-corrected chi connectivity index (χ1v) is 4.85. The van der Waals surface area contributed by atoms with Crippen LogP contribution in [0.25, 0.3) is 0 Å². The van der Waals surface area contributed by atoms with Crippen molar-refractivity contribution in [3.63, 3.8) is 0 Å². The van der Waals surface area contributed by atoms with Gasteiger partial charge in [0.1, 0.15) is 0 Å². The highest BCUT2D eigenvalue weighted by Crippen LogP contribution is 2.51. The predicted molar refractivity (Wildman–Crippen MR) is 47.5 cm³/mol. The summed E-state index contributed by atoms with van der Waals surface area (Å²) in [6.45, 7) is 9.75. The van der Waals surface area contributed by atoms with Crippen LogP contribution in [0.4, 0.5) is 0 Å². The van der Waals surface area contributed by atoms with Crippen molar-refractivity contribution in [2.75, 3.05) is 13.1 Å². The highest BCUT2D eigenvalue weighted by Gasteiger charge is 2.50. The van der Waals surface area contributed by atoms with Crippen molar-refractivity contribution in [2.45, 2.75) is 39.7 Å². The smallest absolute Gasteiger partial charge is 0.00534 e. The number of hydrogen-bond donors (Lipinski definition) is 0. The second-order valence-corrected chi connectivity index (χ2v) is 5.01. The molecule has 64 valence electrons. The van der Waals surface area contributed by atoms with Crippen molar-refractivity contribution < 1.29 is 0 Å². The molecule has 1 heteroatoms. The van der Waals surface area contributed by atoms with E-state index >= 15 is 0 Å². The monoisotopic (exact) mass is 153 g/mol. The summed E-state index contributed by atoms with van der Waals surface area (Å²) in [5, 5.41) is 0. The van der Waals surface area contributed by atoms with Crippen LogP contribution in [0.5, 0.6) is 0 Å². The molecular formula is C10H19N. The average molecular weight is 153 g/mol. The summed E-state index contributed by atoms with van der Waals surface area (Å²) in [6, 6.07) is 0.775. The van der Waals surface area contributed by atoms with Gasteiger partial charge in [-0.3, -0.25) is 4.90 Å². The van der Waals surface area contributed by atoms with Gasteiger partial charge in [-0.1, -0.05) is 6.92 Å². The van der Waals surface area contributed by atoms with Gasteiger partial charge in [-0.15, -0.1) is 0 Å². The lowest BCUT2D eigenvalue weighted by Crippen LogP contribution is -2.63. The van der Waals surface area contributed by atoms with Gasteiger partial charge in [-0.2, -0.15) is 0 Å². The first-order valence-electron chi connectivity index (χ1n) is 4.85. The molecule has 11 heavy (non-hydrogen) atoms. The molecule has 1 heterocycles. The van der Waals surface area contributed by atoms with Crippen LogP contribution in [0.15, 0.2) is 0 Å². The maximum atomic E-state index is 2.59. The number of rotatable bonds is 1. The molecule has 1 saturated heterocycles. The quantitative estimate of drug-likeness (QED) is 0.558. The lowest BCUT2D eigenvalue weighted by Gasteiger charge is -2.60. The van der Waals surface area contributed by atoms with E-state index in [1.807, 2.05) is 0 Å². The third-order valence-corrected chi connectivity index (χ3v) is 3.37. The van der Waals surface area contributed by atoms with Gasteiger partial charge in [0.25, 0.3) is 0 Å². The van der Waals surface area contributed by atoms with Gasteiger partial charge in [-0.25, -0.2) is 0 Å². The Kier molecular flexibility index (Phi) is 1.54. The van der Waals surface area contributed by atoms with Crippen LogP contribution < -0.4 is 0 Å². The molecule has 1 nitrogen and oxygen atoms in total. The molecule has 0 radical (unpaired) electrons. The normalized spacial score (nSPS) is 30.5. The van der Waals surface area contributed by atoms with Crippen molar-refractivity contribution in [1.29, 1.82) is 0 Å². The van der Waals surface area contributed by atoms with Gasteiger partial charge in [0.2, 0.25) is 0 Å². The molecule has 0 atom stereocenters. The summed E-state index contributed by atoms with van der Waals surface area (Å²) < 4.78 is 0. The minimum Gasteiger partial charge on any atom is -0.300 e. The van der Waals surface area contributed by atoms with Gasteiger partial charge in [-0.05, 0) is 38.0 Å². The Morgan fingerprint density at radius 2 is 1.82 bits per heavy atom. The molecule has 0 amide bonds. The minimum atomic E-state index is 0.775. The molecule has 2 rings (SSSR count). The fourth-order valence-electron chi connectivity index (χ4n) is 2.86. The molecular weight excluding hydrogens is 134 g/mol. The fraction of sp³-hybridized carbons (Fsp3) is 1.00. The molecule has 0 aromatic rings. The second-order valence-electron chi connectivity index (χ2n) is 5.01. The summed E-state index contributed by atoms with van der Waals surface area (Å²) in [7, 11) is 0. The fourth-order valence-corrected chi connectivity index (χ4v) is 2.86. The van der Waals surface area contributed by atoms with E-state index in [1.54, 1.807) is 0 Å². The van der Waals surface area contributed by atoms with Crippen molar-refractivity contribution in [3.8, 4) is 0 Å². The summed E-state index contributed by atoms with van der Waals surface area (Å²) in [6.07, 6.45) is 2.99. The van der Waals surface area contributed by atoms with Gasteiger partial charge in [0.05, 0.1) is 0 Å². The topological polar surface area (TPSA) is 3.24 Å². The second kappa shape index (κ2) is 2.22. The Morgan fingerprint density at radius 3 is 2.18 bits per heavy atom. The Hall–Kier alpha value is -0.0400. The van der Waals surface area contributed by atoms with Crippen LogP contribution in [0.2, 0.25) is 0 Å². The SMILES string of the molecule is CC1CC2(C1)CN(C(C)C)C2. The lowest BCUT2D eigenvalue weighted by atomic mass is 9.58. The number of hydrogen-bond acceptors (Lipinski definition) is 1. The molecule has 2 fully saturated rings. The summed E-state index contributed by atoms with van der Waals surface area (Å²) in [4.78, 5) is 2.59. The van der Waals surface area contributed by atoms with Gasteiger partial charge < -0.3 is 0 Å². The maximum absolute atomic E-state index is 2.59. The van der Waals surface area contributed by atoms with E-state index in [0.29, 0.717) is 0 Å². The summed E-state index contributed by atoms with van der Waals surface area (Å²) in [5.74, 6) is 1.02. The van der Waals surface area contributed by atoms with Crippen LogP contribution in [0.1, 0.15) is 33.6 Å². The highest BCUT2D eigenvalue weighted by atomic mass is 15.2. The molecule has 0 aromatic carbocycles. The first-order chi connectivity index (χ1) is 5.11. The maximum Gasteiger partial charge on any atom is 0.00534 e. The third-order valence-electron chi connectivity index (χ3n) is 3.37. The van der Waals surface area contributed by atoms with Crippen molar-refractivity contribution in [2.24, 2.45) is 11.3 Å². The molecule has 2 aliphatic rings. The third kappa shape index (κ3) is 1.10. The van der Waals surface area contributed by atoms with E-state index in [1.165, 1.54) is 25.9 Å². The van der Waals surface area contributed by atoms with Crippen molar-refractivity contribution in [1.82, 2.24) is 4.90 Å². The largest absolute Gasteiger partial charge is 0.300 e. The van der Waals surface area contributed by atoms with Crippen molar-refractivity contribution >= 4 is 0 Å². The lowest BCUT2D eigenvalue weighted by molar-refractivity contribution is -0.102. The van der Waals surface area contributed by atoms with Crippen LogP contribution >= 0.6 is 0 Å². The van der Waals surface area contributed by atoms with Gasteiger partial charge in [0, 0.05) is 19.1 Å². The van der Waals surface area contributed by atoms with Crippen molar-refractivity contribution in [3.05, 3.63) is 0 Å². The van der Waals surface area contributed by atoms with E-state index < -0.39 is 0 Å². The van der Waals surface area contributed by atoms with E-state index in [9.17, 15) is 0 Å². The standard InChI is InChI=1S/C10H19N/c1-8(2)11-6-10(7-11)4-9(3)5-10/h8-9H,4-7H2,1-3H3. The molecule has 1 aliphatic heterocycles. The zero-order chi connectivity index (χ0) is 8.06. The van der Waals surface area contributed by atoms with Gasteiger partial charge >= 0.3 is 0 Å².